The quantitative estimate of drug-likeness (QED) is 0.339. The van der Waals surface area contributed by atoms with Crippen molar-refractivity contribution in [1.82, 2.24) is 18.9 Å². The van der Waals surface area contributed by atoms with E-state index in [1.54, 1.807) is 23.5 Å². The Morgan fingerprint density at radius 1 is 1.28 bits per heavy atom. The number of nitrogens with zero attached hydrogens (tertiary/aromatic N) is 4. The van der Waals surface area contributed by atoms with E-state index in [-0.39, 0.29) is 17.7 Å². The first kappa shape index (κ1) is 20.3. The molecule has 0 saturated carbocycles. The zero-order valence-corrected chi connectivity index (χ0v) is 18.8. The third-order valence-electron chi connectivity index (χ3n) is 4.31. The second kappa shape index (κ2) is 8.02. The fourth-order valence-electron chi connectivity index (χ4n) is 3.02. The molecule has 0 spiro atoms. The normalized spacial score (nSPS) is 12.7. The minimum atomic E-state index is -0.702. The molecule has 10 heteroatoms. The molecule has 1 N–H and O–H groups in total. The number of thiazole rings is 1. The van der Waals surface area contributed by atoms with Gasteiger partial charge in [0.1, 0.15) is 0 Å². The first-order valence-electron chi connectivity index (χ1n) is 8.81. The molecule has 3 heterocycles. The molecule has 0 amide bonds. The maximum Gasteiger partial charge on any atom is 0.262 e. The number of halogens is 1. The average Bonchev–Trinajstić information content (AvgIpc) is 3.04. The number of hydrogen-bond donors (Lipinski definition) is 1. The van der Waals surface area contributed by atoms with E-state index in [2.05, 4.69) is 25.9 Å². The lowest BCUT2D eigenvalue weighted by Crippen LogP contribution is -2.28. The molecule has 4 rings (SSSR count). The van der Waals surface area contributed by atoms with Crippen LogP contribution in [0.5, 0.6) is 0 Å². The minimum Gasteiger partial charge on any atom is -0.392 e. The van der Waals surface area contributed by atoms with Gasteiger partial charge in [0, 0.05) is 27.4 Å². The van der Waals surface area contributed by atoms with E-state index in [4.69, 9.17) is 0 Å². The topological polar surface area (TPSA) is 89.5 Å². The van der Waals surface area contributed by atoms with E-state index in [1.165, 1.54) is 33.7 Å². The number of benzene rings is 1. The van der Waals surface area contributed by atoms with Gasteiger partial charge in [0.05, 0.1) is 29.2 Å². The van der Waals surface area contributed by atoms with Crippen LogP contribution in [0.1, 0.15) is 18.3 Å². The number of aryl methyl sites for hydroxylation is 1. The molecular weight excluding hydrogens is 476 g/mol. The van der Waals surface area contributed by atoms with Gasteiger partial charge < -0.3 is 5.11 Å². The Morgan fingerprint density at radius 3 is 2.83 bits per heavy atom. The number of hydrogen-bond acceptors (Lipinski definition) is 7. The van der Waals surface area contributed by atoms with Gasteiger partial charge in [0.2, 0.25) is 0 Å². The van der Waals surface area contributed by atoms with Crippen LogP contribution in [0.4, 0.5) is 0 Å². The van der Waals surface area contributed by atoms with Crippen LogP contribution in [-0.4, -0.2) is 30.1 Å². The summed E-state index contributed by atoms with van der Waals surface area (Å²) >= 11 is 6.12. The summed E-state index contributed by atoms with van der Waals surface area (Å²) in [6.07, 6.45) is -0.702. The molecule has 0 saturated heterocycles. The van der Waals surface area contributed by atoms with Crippen LogP contribution in [0.2, 0.25) is 0 Å². The van der Waals surface area contributed by atoms with Gasteiger partial charge in [0.25, 0.3) is 11.1 Å². The summed E-state index contributed by atoms with van der Waals surface area (Å²) in [6, 6.07) is 6.85. The van der Waals surface area contributed by atoms with Crippen LogP contribution in [-0.2, 0) is 12.3 Å². The van der Waals surface area contributed by atoms with Crippen LogP contribution >= 0.6 is 39.0 Å². The first-order valence-corrected chi connectivity index (χ1v) is 11.5. The van der Waals surface area contributed by atoms with Crippen molar-refractivity contribution in [2.24, 2.45) is 0 Å². The minimum absolute atomic E-state index is 0.123. The van der Waals surface area contributed by atoms with Gasteiger partial charge in [-0.1, -0.05) is 27.7 Å². The molecule has 150 valence electrons. The Hall–Kier alpha value is -2.01. The molecule has 0 radical (unpaired) electrons. The number of fused-ring (bicyclic) bond motifs is 2. The van der Waals surface area contributed by atoms with E-state index in [1.807, 2.05) is 18.4 Å². The van der Waals surface area contributed by atoms with E-state index < -0.39 is 6.10 Å². The first-order chi connectivity index (χ1) is 13.8. The van der Waals surface area contributed by atoms with E-state index in [0.717, 1.165) is 10.2 Å². The zero-order chi connectivity index (χ0) is 20.7. The maximum atomic E-state index is 13.0. The summed E-state index contributed by atoms with van der Waals surface area (Å²) in [4.78, 5) is 35.2. The van der Waals surface area contributed by atoms with Crippen LogP contribution in [0.3, 0.4) is 0 Å². The second-order valence-corrected chi connectivity index (χ2v) is 9.38. The van der Waals surface area contributed by atoms with Crippen molar-refractivity contribution in [3.8, 4) is 0 Å². The zero-order valence-electron chi connectivity index (χ0n) is 15.6. The highest BCUT2D eigenvalue weighted by atomic mass is 79.9. The Kier molecular flexibility index (Phi) is 5.60. The molecule has 1 atom stereocenters. The van der Waals surface area contributed by atoms with Crippen molar-refractivity contribution in [2.45, 2.75) is 37.4 Å². The molecule has 4 aromatic rings. The third kappa shape index (κ3) is 4.02. The van der Waals surface area contributed by atoms with Gasteiger partial charge in [-0.3, -0.25) is 18.6 Å². The molecule has 3 aromatic heterocycles. The summed E-state index contributed by atoms with van der Waals surface area (Å²) in [7, 11) is 0. The lowest BCUT2D eigenvalue weighted by molar-refractivity contribution is 0.168. The lowest BCUT2D eigenvalue weighted by atomic mass is 10.2. The molecule has 0 aliphatic heterocycles. The fraction of sp³-hybridized carbons (Fsp3) is 0.263. The molecule has 0 aliphatic carbocycles. The van der Waals surface area contributed by atoms with Gasteiger partial charge in [-0.25, -0.2) is 9.97 Å². The highest BCUT2D eigenvalue weighted by Crippen LogP contribution is 2.23. The highest BCUT2D eigenvalue weighted by Gasteiger charge is 2.15. The van der Waals surface area contributed by atoms with Gasteiger partial charge in [-0.05, 0) is 32.0 Å². The summed E-state index contributed by atoms with van der Waals surface area (Å²) in [5, 5.41) is 12.7. The molecular formula is C19H17BrN4O3S2. The van der Waals surface area contributed by atoms with Gasteiger partial charge in [0.15, 0.2) is 10.1 Å². The van der Waals surface area contributed by atoms with Crippen molar-refractivity contribution in [1.29, 1.82) is 0 Å². The summed E-state index contributed by atoms with van der Waals surface area (Å²) < 4.78 is 3.84. The van der Waals surface area contributed by atoms with Gasteiger partial charge in [-0.2, -0.15) is 0 Å². The third-order valence-corrected chi connectivity index (χ3v) is 6.75. The summed E-state index contributed by atoms with van der Waals surface area (Å²) in [6.45, 7) is 3.63. The van der Waals surface area contributed by atoms with E-state index in [9.17, 15) is 14.7 Å². The van der Waals surface area contributed by atoms with Crippen LogP contribution in [0, 0.1) is 6.92 Å². The number of thioether (sulfide) groups is 1. The lowest BCUT2D eigenvalue weighted by Gasteiger charge is -2.14. The molecule has 0 unspecified atom stereocenters. The van der Waals surface area contributed by atoms with Crippen molar-refractivity contribution >= 4 is 54.9 Å². The second-order valence-electron chi connectivity index (χ2n) is 6.69. The van der Waals surface area contributed by atoms with Crippen LogP contribution < -0.4 is 11.1 Å². The highest BCUT2D eigenvalue weighted by molar-refractivity contribution is 9.10. The van der Waals surface area contributed by atoms with Gasteiger partial charge in [-0.15, -0.1) is 11.3 Å². The predicted molar refractivity (Wildman–Crippen MR) is 119 cm³/mol. The number of aliphatic hydroxyl groups excluding tert-OH is 1. The monoisotopic (exact) mass is 492 g/mol. The predicted octanol–water partition coefficient (Wildman–Crippen LogP) is 3.21. The Bertz CT molecular complexity index is 1340. The Balaban J connectivity index is 1.74. The number of aliphatic hydroxyl groups is 1. The van der Waals surface area contributed by atoms with E-state index >= 15 is 0 Å². The molecule has 29 heavy (non-hydrogen) atoms. The molecule has 0 bridgehead atoms. The maximum absolute atomic E-state index is 13.0. The fourth-order valence-corrected chi connectivity index (χ4v) is 5.17. The van der Waals surface area contributed by atoms with Crippen LogP contribution in [0.25, 0.3) is 15.9 Å². The summed E-state index contributed by atoms with van der Waals surface area (Å²) in [5.41, 5.74) is 1.73. The molecule has 0 fully saturated rings. The average molecular weight is 493 g/mol. The molecule has 1 aromatic carbocycles. The van der Waals surface area contributed by atoms with Crippen molar-refractivity contribution < 1.29 is 5.11 Å². The van der Waals surface area contributed by atoms with Crippen molar-refractivity contribution in [3.05, 3.63) is 66.2 Å². The Morgan fingerprint density at radius 2 is 2.07 bits per heavy atom. The van der Waals surface area contributed by atoms with Gasteiger partial charge >= 0.3 is 0 Å². The summed E-state index contributed by atoms with van der Waals surface area (Å²) in [5.74, 6) is 0.386. The SMILES string of the molecule is Cc1csc2nc(CSc3nc4ccc(Br)cc4c(=O)n3C[C@H](C)O)cc(=O)n12. The Labute approximate surface area is 182 Å². The number of aromatic nitrogens is 4. The molecule has 0 aliphatic rings. The van der Waals surface area contributed by atoms with Crippen LogP contribution in [0.15, 0.2) is 48.9 Å². The smallest absolute Gasteiger partial charge is 0.262 e. The van der Waals surface area contributed by atoms with Crippen molar-refractivity contribution in [3.63, 3.8) is 0 Å². The number of rotatable bonds is 5. The van der Waals surface area contributed by atoms with Crippen molar-refractivity contribution in [2.75, 3.05) is 0 Å². The largest absolute Gasteiger partial charge is 0.392 e. The molecule has 7 nitrogen and oxygen atoms in total. The standard InChI is InChI=1S/C19H17BrN4O3S2/c1-10-8-28-19-21-13(6-16(26)24(10)19)9-29-18-22-15-4-3-12(20)5-14(15)17(27)23(18)7-11(2)25/h3-6,8,11,25H,7,9H2,1-2H3/t11-/m0/s1. The van der Waals surface area contributed by atoms with E-state index in [0.29, 0.717) is 32.5 Å².